The van der Waals surface area contributed by atoms with Crippen LogP contribution in [0.1, 0.15) is 136 Å². The number of nitrogens with one attached hydrogen (secondary N) is 4. The molecule has 1 aromatic rings. The molecule has 0 aliphatic heterocycles. The van der Waals surface area contributed by atoms with Crippen LogP contribution in [0.4, 0.5) is 0 Å². The summed E-state index contributed by atoms with van der Waals surface area (Å²) in [6.07, 6.45) is 19.3. The van der Waals surface area contributed by atoms with Crippen molar-refractivity contribution >= 4 is 0 Å². The predicted octanol–water partition coefficient (Wildman–Crippen LogP) is 8.28. The maximum absolute atomic E-state index is 11.9. The molecule has 5 rings (SSSR count). The Morgan fingerprint density at radius 2 is 1.44 bits per heavy atom. The molecule has 6 N–H and O–H groups in total. The highest BCUT2D eigenvalue weighted by atomic mass is 16.5. The van der Waals surface area contributed by atoms with Crippen LogP contribution in [-0.4, -0.2) is 68.7 Å². The lowest BCUT2D eigenvalue weighted by Crippen LogP contribution is -2.59. The average molecular weight is 725 g/mol. The van der Waals surface area contributed by atoms with Gasteiger partial charge in [-0.15, -0.1) is 0 Å². The van der Waals surface area contributed by atoms with Gasteiger partial charge in [-0.05, 0) is 186 Å². The van der Waals surface area contributed by atoms with Gasteiger partial charge in [0.05, 0.1) is 13.2 Å². The standard InChI is InChI=1S/C45H80N4O3/c1-32(2)12-9-13-33(3)37-15-16-38-43-39(19-21-45(37,38)5)44(4)20-18-36(29-35(44)30-41(43)51)49-27-11-25-47-23-8-7-22-46-24-10-26-48-31-34-14-17-40(50)42(28-34)52-6/h14,17,28,32-33,35-39,41,43,46-51H,7-13,15-16,18-27,29-31H2,1-6H3/t33-,35-,36+,37-,38?,39?,41?,43?,44+,45-/m1/s1. The second-order valence-corrected chi connectivity index (χ2v) is 18.8. The Balaban J connectivity index is 0.902. The third-order valence-electron chi connectivity index (χ3n) is 15.1. The van der Waals surface area contributed by atoms with Gasteiger partial charge in [0.2, 0.25) is 0 Å². The molecule has 4 aliphatic carbocycles. The molecule has 0 radical (unpaired) electrons. The Kier molecular flexibility index (Phi) is 16.1. The number of aliphatic hydroxyl groups excluding tert-OH is 1. The first-order chi connectivity index (χ1) is 25.1. The molecule has 7 heteroatoms. The number of aromatic hydroxyl groups is 1. The number of benzene rings is 1. The molecule has 7 nitrogen and oxygen atoms in total. The fraction of sp³-hybridized carbons (Fsp3) is 0.867. The summed E-state index contributed by atoms with van der Waals surface area (Å²) < 4.78 is 5.19. The lowest BCUT2D eigenvalue weighted by atomic mass is 9.43. The molecule has 52 heavy (non-hydrogen) atoms. The first-order valence-electron chi connectivity index (χ1n) is 22.0. The Labute approximate surface area is 319 Å². The van der Waals surface area contributed by atoms with Gasteiger partial charge in [-0.25, -0.2) is 0 Å². The summed E-state index contributed by atoms with van der Waals surface area (Å²) in [5.41, 5.74) is 1.98. The van der Waals surface area contributed by atoms with Gasteiger partial charge in [0, 0.05) is 12.6 Å². The van der Waals surface area contributed by atoms with Crippen molar-refractivity contribution in [3.8, 4) is 11.5 Å². The van der Waals surface area contributed by atoms with Gasteiger partial charge in [0.15, 0.2) is 11.5 Å². The number of fused-ring (bicyclic) bond motifs is 5. The van der Waals surface area contributed by atoms with E-state index in [-0.39, 0.29) is 11.9 Å². The molecule has 4 aliphatic rings. The van der Waals surface area contributed by atoms with E-state index < -0.39 is 0 Å². The van der Waals surface area contributed by atoms with Crippen LogP contribution >= 0.6 is 0 Å². The van der Waals surface area contributed by atoms with Gasteiger partial charge in [0.1, 0.15) is 0 Å². The fourth-order valence-corrected chi connectivity index (χ4v) is 12.1. The smallest absolute Gasteiger partial charge is 0.160 e. The zero-order chi connectivity index (χ0) is 37.1. The molecular formula is C45H80N4O3. The molecule has 0 bridgehead atoms. The molecule has 298 valence electrons. The molecule has 4 fully saturated rings. The van der Waals surface area contributed by atoms with Crippen LogP contribution in [0.3, 0.4) is 0 Å². The van der Waals surface area contributed by atoms with Crippen molar-refractivity contribution in [2.24, 2.45) is 52.3 Å². The minimum atomic E-state index is -0.0918. The SMILES string of the molecule is COc1cc(CNCCCNCCCCNCCCN[C@H]2CC[C@]3(C)C4CC[C@@]5(C)C(CC[C@@H]5[C@H](C)CCCC(C)C)C4C(O)C[C@H]3C2)ccc1O. The number of hydrogen-bond donors (Lipinski definition) is 6. The zero-order valence-electron chi connectivity index (χ0n) is 34.3. The van der Waals surface area contributed by atoms with Crippen LogP contribution < -0.4 is 26.0 Å². The summed E-state index contributed by atoms with van der Waals surface area (Å²) in [6.45, 7) is 19.7. The van der Waals surface area contributed by atoms with Crippen molar-refractivity contribution in [2.45, 2.75) is 150 Å². The number of methoxy groups -OCH3 is 1. The van der Waals surface area contributed by atoms with E-state index in [0.29, 0.717) is 34.5 Å². The van der Waals surface area contributed by atoms with E-state index in [4.69, 9.17) is 4.74 Å². The molecule has 0 amide bonds. The largest absolute Gasteiger partial charge is 0.504 e. The van der Waals surface area contributed by atoms with E-state index in [1.54, 1.807) is 13.2 Å². The summed E-state index contributed by atoms with van der Waals surface area (Å²) in [5.74, 6) is 5.88. The number of aliphatic hydroxyl groups is 1. The van der Waals surface area contributed by atoms with E-state index >= 15 is 0 Å². The Bertz CT molecular complexity index is 1200. The number of phenolic OH excluding ortho intramolecular Hbond substituents is 1. The van der Waals surface area contributed by atoms with Crippen LogP contribution in [0.15, 0.2) is 18.2 Å². The van der Waals surface area contributed by atoms with Crippen LogP contribution in [0.25, 0.3) is 0 Å². The topological polar surface area (TPSA) is 97.8 Å². The normalized spacial score (nSPS) is 33.4. The number of phenols is 1. The predicted molar refractivity (Wildman–Crippen MR) is 217 cm³/mol. The van der Waals surface area contributed by atoms with Crippen molar-refractivity contribution < 1.29 is 14.9 Å². The first-order valence-corrected chi connectivity index (χ1v) is 22.0. The number of rotatable bonds is 22. The van der Waals surface area contributed by atoms with Gasteiger partial charge in [-0.3, -0.25) is 0 Å². The summed E-state index contributed by atoms with van der Waals surface area (Å²) in [4.78, 5) is 0. The summed E-state index contributed by atoms with van der Waals surface area (Å²) in [6, 6.07) is 6.13. The third-order valence-corrected chi connectivity index (χ3v) is 15.1. The number of hydrogen-bond acceptors (Lipinski definition) is 7. The number of unbranched alkanes of at least 4 members (excludes halogenated alkanes) is 1. The first kappa shape index (κ1) is 41.8. The molecule has 4 saturated carbocycles. The zero-order valence-corrected chi connectivity index (χ0v) is 34.3. The highest BCUT2D eigenvalue weighted by Crippen LogP contribution is 2.68. The second-order valence-electron chi connectivity index (χ2n) is 18.8. The molecule has 0 aromatic heterocycles. The van der Waals surface area contributed by atoms with E-state index in [9.17, 15) is 10.2 Å². The maximum atomic E-state index is 11.9. The minimum Gasteiger partial charge on any atom is -0.504 e. The lowest BCUT2D eigenvalue weighted by molar-refractivity contribution is -0.167. The second kappa shape index (κ2) is 20.0. The molecular weight excluding hydrogens is 645 g/mol. The van der Waals surface area contributed by atoms with Crippen molar-refractivity contribution in [1.29, 1.82) is 0 Å². The number of ether oxygens (including phenoxy) is 1. The molecule has 0 saturated heterocycles. The molecule has 0 heterocycles. The van der Waals surface area contributed by atoms with Gasteiger partial charge >= 0.3 is 0 Å². The summed E-state index contributed by atoms with van der Waals surface area (Å²) in [7, 11) is 1.58. The van der Waals surface area contributed by atoms with Crippen molar-refractivity contribution in [3.63, 3.8) is 0 Å². The Morgan fingerprint density at radius 1 is 0.769 bits per heavy atom. The Morgan fingerprint density at radius 3 is 2.17 bits per heavy atom. The van der Waals surface area contributed by atoms with Crippen molar-refractivity contribution in [1.82, 2.24) is 21.3 Å². The highest BCUT2D eigenvalue weighted by molar-refractivity contribution is 5.41. The third kappa shape index (κ3) is 10.5. The molecule has 4 unspecified atom stereocenters. The van der Waals surface area contributed by atoms with Gasteiger partial charge in [0.25, 0.3) is 0 Å². The van der Waals surface area contributed by atoms with E-state index in [1.165, 1.54) is 83.5 Å². The van der Waals surface area contributed by atoms with Crippen LogP contribution in [-0.2, 0) is 6.54 Å². The van der Waals surface area contributed by atoms with E-state index in [0.717, 1.165) is 93.8 Å². The Hall–Kier alpha value is -1.38. The lowest BCUT2D eigenvalue weighted by Gasteiger charge is -2.62. The summed E-state index contributed by atoms with van der Waals surface area (Å²) >= 11 is 0. The van der Waals surface area contributed by atoms with E-state index in [1.807, 2.05) is 12.1 Å². The summed E-state index contributed by atoms with van der Waals surface area (Å²) in [5, 5.41) is 36.2. The van der Waals surface area contributed by atoms with Crippen molar-refractivity contribution in [2.75, 3.05) is 46.4 Å². The monoisotopic (exact) mass is 725 g/mol. The highest BCUT2D eigenvalue weighted by Gasteiger charge is 2.62. The van der Waals surface area contributed by atoms with Crippen LogP contribution in [0.5, 0.6) is 11.5 Å². The minimum absolute atomic E-state index is 0.0918. The molecule has 0 spiro atoms. The molecule has 1 aromatic carbocycles. The van der Waals surface area contributed by atoms with Crippen LogP contribution in [0.2, 0.25) is 0 Å². The van der Waals surface area contributed by atoms with Gasteiger partial charge in [-0.1, -0.05) is 59.9 Å². The average Bonchev–Trinajstić information content (AvgIpc) is 3.48. The quantitative estimate of drug-likeness (QED) is 0.0671. The van der Waals surface area contributed by atoms with E-state index in [2.05, 4.69) is 55.9 Å². The maximum Gasteiger partial charge on any atom is 0.160 e. The van der Waals surface area contributed by atoms with Crippen molar-refractivity contribution in [3.05, 3.63) is 23.8 Å². The van der Waals surface area contributed by atoms with Crippen LogP contribution in [0, 0.1) is 52.3 Å². The van der Waals surface area contributed by atoms with Gasteiger partial charge in [-0.2, -0.15) is 0 Å². The van der Waals surface area contributed by atoms with Gasteiger partial charge < -0.3 is 36.2 Å². The fourth-order valence-electron chi connectivity index (χ4n) is 12.1. The molecule has 10 atom stereocenters.